The number of hydrogen-bond donors (Lipinski definition) is 1. The first-order valence-electron chi connectivity index (χ1n) is 6.04. The number of halogens is 5. The molecule has 7 heteroatoms. The average molecular weight is 433 g/mol. The summed E-state index contributed by atoms with van der Waals surface area (Å²) < 4.78 is 41.8. The molecule has 1 amide bonds. The summed E-state index contributed by atoms with van der Waals surface area (Å²) in [5.41, 5.74) is 0.647. The van der Waals surface area contributed by atoms with Crippen LogP contribution >= 0.6 is 31.9 Å². The number of rotatable bonds is 1. The lowest BCUT2D eigenvalue weighted by molar-refractivity contribution is -0.110. The Hall–Kier alpha value is -1.60. The molecule has 0 saturated heterocycles. The van der Waals surface area contributed by atoms with E-state index in [1.165, 1.54) is 0 Å². The van der Waals surface area contributed by atoms with Crippen molar-refractivity contribution < 1.29 is 18.0 Å². The van der Waals surface area contributed by atoms with Gasteiger partial charge in [0.05, 0.1) is 5.69 Å². The molecule has 0 aliphatic carbocycles. The number of anilines is 1. The second-order valence-electron chi connectivity index (χ2n) is 4.61. The van der Waals surface area contributed by atoms with Crippen LogP contribution in [-0.4, -0.2) is 5.91 Å². The van der Waals surface area contributed by atoms with Gasteiger partial charge in [0.2, 0.25) is 0 Å². The van der Waals surface area contributed by atoms with Gasteiger partial charge in [-0.25, -0.2) is 13.2 Å². The third-order valence-electron chi connectivity index (χ3n) is 3.16. The first-order valence-corrected chi connectivity index (χ1v) is 7.62. The highest BCUT2D eigenvalue weighted by Crippen LogP contribution is 2.40. The van der Waals surface area contributed by atoms with E-state index in [2.05, 4.69) is 37.2 Å². The lowest BCUT2D eigenvalue weighted by atomic mass is 10.0. The third kappa shape index (κ3) is 2.59. The Labute approximate surface area is 140 Å². The molecule has 1 aliphatic heterocycles. The summed E-state index contributed by atoms with van der Waals surface area (Å²) in [5.74, 6) is -3.64. The van der Waals surface area contributed by atoms with Crippen LogP contribution in [0.25, 0.3) is 11.6 Å². The molecule has 0 radical (unpaired) electrons. The lowest BCUT2D eigenvalue weighted by Crippen LogP contribution is -2.04. The fourth-order valence-corrected chi connectivity index (χ4v) is 3.52. The molecule has 1 heterocycles. The van der Waals surface area contributed by atoms with E-state index in [1.807, 2.05) is 0 Å². The zero-order valence-electron chi connectivity index (χ0n) is 10.7. The highest BCUT2D eigenvalue weighted by atomic mass is 79.9. The van der Waals surface area contributed by atoms with Gasteiger partial charge in [0.15, 0.2) is 0 Å². The van der Waals surface area contributed by atoms with Crippen molar-refractivity contribution in [3.8, 4) is 0 Å². The molecular formula is C15H6Br2F3NO. The summed E-state index contributed by atoms with van der Waals surface area (Å²) in [6.07, 6.45) is 1.07. The number of fused-ring (bicyclic) bond motifs is 1. The Bertz CT molecular complexity index is 826. The molecular weight excluding hydrogens is 427 g/mol. The Morgan fingerprint density at radius 2 is 1.64 bits per heavy atom. The highest BCUT2D eigenvalue weighted by Gasteiger charge is 2.27. The van der Waals surface area contributed by atoms with Crippen molar-refractivity contribution in [3.63, 3.8) is 0 Å². The fraction of sp³-hybridized carbons (Fsp3) is 0. The van der Waals surface area contributed by atoms with Crippen LogP contribution in [0.1, 0.15) is 11.1 Å². The Balaban J connectivity index is 2.21. The molecule has 1 N–H and O–H groups in total. The predicted molar refractivity (Wildman–Crippen MR) is 84.7 cm³/mol. The third-order valence-corrected chi connectivity index (χ3v) is 4.24. The molecule has 22 heavy (non-hydrogen) atoms. The van der Waals surface area contributed by atoms with Gasteiger partial charge >= 0.3 is 0 Å². The number of carbonyl (C=O) groups excluding carboxylic acids is 1. The Kier molecular flexibility index (Phi) is 3.86. The largest absolute Gasteiger partial charge is 0.320 e. The molecule has 2 nitrogen and oxygen atoms in total. The van der Waals surface area contributed by atoms with Gasteiger partial charge in [-0.2, -0.15) is 0 Å². The van der Waals surface area contributed by atoms with Crippen molar-refractivity contribution in [2.75, 3.05) is 5.32 Å². The van der Waals surface area contributed by atoms with Gasteiger partial charge in [-0.1, -0.05) is 15.9 Å². The van der Waals surface area contributed by atoms with Gasteiger partial charge in [0, 0.05) is 37.8 Å². The summed E-state index contributed by atoms with van der Waals surface area (Å²) in [5, 5.41) is 2.62. The summed E-state index contributed by atoms with van der Waals surface area (Å²) in [4.78, 5) is 12.1. The molecule has 0 saturated carbocycles. The van der Waals surface area contributed by atoms with Crippen LogP contribution in [0.5, 0.6) is 0 Å². The highest BCUT2D eigenvalue weighted by molar-refractivity contribution is 9.11. The second kappa shape index (κ2) is 5.55. The molecule has 0 bridgehead atoms. The normalized spacial score (nSPS) is 15.1. The van der Waals surface area contributed by atoms with E-state index < -0.39 is 28.9 Å². The van der Waals surface area contributed by atoms with Crippen molar-refractivity contribution in [1.29, 1.82) is 0 Å². The van der Waals surface area contributed by atoms with Crippen molar-refractivity contribution in [1.82, 2.24) is 0 Å². The lowest BCUT2D eigenvalue weighted by Gasteiger charge is -2.04. The molecule has 1 aliphatic rings. The van der Waals surface area contributed by atoms with Gasteiger partial charge in [-0.05, 0) is 34.1 Å². The smallest absolute Gasteiger partial charge is 0.256 e. The minimum atomic E-state index is -1.07. The van der Waals surface area contributed by atoms with E-state index in [4.69, 9.17) is 0 Å². The number of benzene rings is 2. The Morgan fingerprint density at radius 3 is 2.27 bits per heavy atom. The number of amides is 1. The van der Waals surface area contributed by atoms with Gasteiger partial charge < -0.3 is 5.32 Å². The monoisotopic (exact) mass is 431 g/mol. The standard InChI is InChI=1S/C15H6Br2F3NO/c16-6-1-8-9(15(22)21-14(8)11(17)2-6)5-10-12(19)3-7(18)4-13(10)20/h1-5H,(H,21,22). The number of nitrogens with one attached hydrogen (secondary N) is 1. The minimum absolute atomic E-state index is 0.0985. The summed E-state index contributed by atoms with van der Waals surface area (Å²) in [7, 11) is 0. The van der Waals surface area contributed by atoms with Crippen LogP contribution in [0.2, 0.25) is 0 Å². The summed E-state index contributed by atoms with van der Waals surface area (Å²) in [6.45, 7) is 0. The maximum Gasteiger partial charge on any atom is 0.256 e. The van der Waals surface area contributed by atoms with Gasteiger partial charge in [0.1, 0.15) is 17.5 Å². The summed E-state index contributed by atoms with van der Waals surface area (Å²) >= 11 is 6.60. The minimum Gasteiger partial charge on any atom is -0.320 e. The van der Waals surface area contributed by atoms with E-state index in [9.17, 15) is 18.0 Å². The van der Waals surface area contributed by atoms with E-state index in [0.717, 1.165) is 6.08 Å². The molecule has 0 spiro atoms. The van der Waals surface area contributed by atoms with E-state index >= 15 is 0 Å². The average Bonchev–Trinajstić information content (AvgIpc) is 2.70. The van der Waals surface area contributed by atoms with Crippen molar-refractivity contribution in [2.45, 2.75) is 0 Å². The van der Waals surface area contributed by atoms with Crippen molar-refractivity contribution in [3.05, 3.63) is 61.8 Å². The quantitative estimate of drug-likeness (QED) is 0.622. The van der Waals surface area contributed by atoms with Crippen LogP contribution in [-0.2, 0) is 4.79 Å². The van der Waals surface area contributed by atoms with Gasteiger partial charge in [-0.15, -0.1) is 0 Å². The summed E-state index contributed by atoms with van der Waals surface area (Å²) in [6, 6.07) is 4.53. The molecule has 2 aromatic carbocycles. The van der Waals surface area contributed by atoms with Crippen LogP contribution in [0.3, 0.4) is 0 Å². The van der Waals surface area contributed by atoms with Crippen molar-refractivity contribution in [2.24, 2.45) is 0 Å². The molecule has 0 atom stereocenters. The van der Waals surface area contributed by atoms with Crippen molar-refractivity contribution >= 4 is 55.1 Å². The maximum atomic E-state index is 13.8. The number of hydrogen-bond acceptors (Lipinski definition) is 1. The zero-order valence-corrected chi connectivity index (χ0v) is 13.9. The van der Waals surface area contributed by atoms with Gasteiger partial charge in [-0.3, -0.25) is 4.79 Å². The topological polar surface area (TPSA) is 29.1 Å². The molecule has 112 valence electrons. The second-order valence-corrected chi connectivity index (χ2v) is 6.38. The van der Waals surface area contributed by atoms with E-state index in [0.29, 0.717) is 32.3 Å². The number of carbonyl (C=O) groups is 1. The maximum absolute atomic E-state index is 13.8. The van der Waals surface area contributed by atoms with Gasteiger partial charge in [0.25, 0.3) is 5.91 Å². The predicted octanol–water partition coefficient (Wildman–Crippen LogP) is 5.12. The molecule has 0 aromatic heterocycles. The van der Waals surface area contributed by atoms with E-state index in [-0.39, 0.29) is 5.57 Å². The fourth-order valence-electron chi connectivity index (χ4n) is 2.20. The van der Waals surface area contributed by atoms with Crippen LogP contribution in [0.15, 0.2) is 33.2 Å². The van der Waals surface area contributed by atoms with Crippen LogP contribution < -0.4 is 5.32 Å². The molecule has 3 rings (SSSR count). The Morgan fingerprint density at radius 1 is 1.00 bits per heavy atom. The first-order chi connectivity index (χ1) is 10.4. The SMILES string of the molecule is O=C1Nc2c(Br)cc(Br)cc2C1=Cc1c(F)cc(F)cc1F. The van der Waals surface area contributed by atoms with Crippen LogP contribution in [0, 0.1) is 17.5 Å². The zero-order chi connectivity index (χ0) is 16.0. The van der Waals surface area contributed by atoms with E-state index in [1.54, 1.807) is 12.1 Å². The molecule has 0 fully saturated rings. The first kappa shape index (κ1) is 15.3. The molecule has 2 aromatic rings. The van der Waals surface area contributed by atoms with Crippen LogP contribution in [0.4, 0.5) is 18.9 Å². The molecule has 0 unspecified atom stereocenters.